The molecule has 148 valence electrons. The van der Waals surface area contributed by atoms with Crippen LogP contribution in [0.25, 0.3) is 0 Å². The van der Waals surface area contributed by atoms with Gasteiger partial charge in [0, 0.05) is 32.1 Å². The van der Waals surface area contributed by atoms with E-state index in [4.69, 9.17) is 14.2 Å². The number of hydrogen-bond donors (Lipinski definition) is 1. The van der Waals surface area contributed by atoms with Crippen LogP contribution in [-0.4, -0.2) is 55.1 Å². The number of aromatic nitrogens is 2. The van der Waals surface area contributed by atoms with E-state index in [0.29, 0.717) is 36.3 Å². The van der Waals surface area contributed by atoms with Crippen LogP contribution in [0, 0.1) is 6.92 Å². The predicted octanol–water partition coefficient (Wildman–Crippen LogP) is 2.39. The highest BCUT2D eigenvalue weighted by Crippen LogP contribution is 2.32. The average Bonchev–Trinajstić information content (AvgIpc) is 3.17. The van der Waals surface area contributed by atoms with E-state index in [9.17, 15) is 4.79 Å². The van der Waals surface area contributed by atoms with E-state index in [-0.39, 0.29) is 5.91 Å². The third-order valence-corrected chi connectivity index (χ3v) is 5.10. The fraction of sp³-hybridized carbons (Fsp3) is 0.450. The standard InChI is InChI=1S/C20H24N4O4/c1-14-3-4-17(26-2)16(13-14)22-18(25)15-5-8-21-19(23-15)24-9-6-20(7-10-24)27-11-12-28-20/h3-5,8,13H,6-7,9-12H2,1-2H3,(H,22,25). The summed E-state index contributed by atoms with van der Waals surface area (Å²) in [6, 6.07) is 7.23. The monoisotopic (exact) mass is 384 g/mol. The molecule has 0 bridgehead atoms. The Labute approximate surface area is 163 Å². The Morgan fingerprint density at radius 3 is 2.68 bits per heavy atom. The summed E-state index contributed by atoms with van der Waals surface area (Å²) >= 11 is 0. The maximum atomic E-state index is 12.7. The molecule has 1 N–H and O–H groups in total. The van der Waals surface area contributed by atoms with Crippen molar-refractivity contribution in [3.8, 4) is 5.75 Å². The van der Waals surface area contributed by atoms with Crippen LogP contribution in [-0.2, 0) is 9.47 Å². The fourth-order valence-corrected chi connectivity index (χ4v) is 3.57. The van der Waals surface area contributed by atoms with Crippen molar-refractivity contribution in [2.45, 2.75) is 25.6 Å². The summed E-state index contributed by atoms with van der Waals surface area (Å²) in [5.41, 5.74) is 1.95. The van der Waals surface area contributed by atoms with Gasteiger partial charge in [-0.2, -0.15) is 0 Å². The van der Waals surface area contributed by atoms with Crippen molar-refractivity contribution in [3.63, 3.8) is 0 Å². The van der Waals surface area contributed by atoms with E-state index in [1.54, 1.807) is 19.4 Å². The molecule has 2 aliphatic heterocycles. The Hall–Kier alpha value is -2.71. The zero-order chi connectivity index (χ0) is 19.6. The van der Waals surface area contributed by atoms with Crippen molar-refractivity contribution >= 4 is 17.5 Å². The molecule has 1 aromatic carbocycles. The summed E-state index contributed by atoms with van der Waals surface area (Å²) < 4.78 is 16.8. The molecule has 28 heavy (non-hydrogen) atoms. The number of nitrogens with zero attached hydrogens (tertiary/aromatic N) is 3. The molecule has 2 fully saturated rings. The SMILES string of the molecule is COc1ccc(C)cc1NC(=O)c1ccnc(N2CCC3(CC2)OCCO3)n1. The lowest BCUT2D eigenvalue weighted by molar-refractivity contribution is -0.169. The summed E-state index contributed by atoms with van der Waals surface area (Å²) in [4.78, 5) is 23.6. The number of carbonyl (C=O) groups excluding carboxylic acids is 1. The first-order valence-electron chi connectivity index (χ1n) is 9.40. The van der Waals surface area contributed by atoms with E-state index in [0.717, 1.165) is 31.5 Å². The normalized spacial score (nSPS) is 18.3. The Morgan fingerprint density at radius 2 is 1.96 bits per heavy atom. The second kappa shape index (κ2) is 7.73. The largest absolute Gasteiger partial charge is 0.495 e. The van der Waals surface area contributed by atoms with Gasteiger partial charge in [0.1, 0.15) is 11.4 Å². The highest BCUT2D eigenvalue weighted by Gasteiger charge is 2.40. The first-order chi connectivity index (χ1) is 13.6. The smallest absolute Gasteiger partial charge is 0.274 e. The summed E-state index contributed by atoms with van der Waals surface area (Å²) in [5.74, 6) is 0.388. The topological polar surface area (TPSA) is 85.8 Å². The van der Waals surface area contributed by atoms with Gasteiger partial charge >= 0.3 is 0 Å². The Bertz CT molecular complexity index is 857. The molecule has 0 radical (unpaired) electrons. The molecule has 0 aliphatic carbocycles. The first-order valence-corrected chi connectivity index (χ1v) is 9.40. The molecule has 1 spiro atoms. The predicted molar refractivity (Wildman–Crippen MR) is 104 cm³/mol. The lowest BCUT2D eigenvalue weighted by Gasteiger charge is -2.37. The number of benzene rings is 1. The van der Waals surface area contributed by atoms with Crippen LogP contribution >= 0.6 is 0 Å². The van der Waals surface area contributed by atoms with Crippen LogP contribution in [0.15, 0.2) is 30.5 Å². The molecule has 4 rings (SSSR count). The van der Waals surface area contributed by atoms with Crippen LogP contribution < -0.4 is 15.0 Å². The average molecular weight is 384 g/mol. The molecule has 0 unspecified atom stereocenters. The molecule has 1 aromatic heterocycles. The number of hydrogen-bond acceptors (Lipinski definition) is 7. The van der Waals surface area contributed by atoms with Crippen molar-refractivity contribution < 1.29 is 19.0 Å². The molecule has 0 atom stereocenters. The lowest BCUT2D eigenvalue weighted by atomic mass is 10.0. The third kappa shape index (κ3) is 3.79. The Kier molecular flexibility index (Phi) is 5.15. The highest BCUT2D eigenvalue weighted by atomic mass is 16.7. The molecule has 2 aliphatic rings. The van der Waals surface area contributed by atoms with Crippen LogP contribution in [0.4, 0.5) is 11.6 Å². The molecule has 0 saturated carbocycles. The molecule has 1 amide bonds. The van der Waals surface area contributed by atoms with Crippen molar-refractivity contribution in [1.29, 1.82) is 0 Å². The van der Waals surface area contributed by atoms with Crippen molar-refractivity contribution in [1.82, 2.24) is 9.97 Å². The van der Waals surface area contributed by atoms with Gasteiger partial charge in [-0.05, 0) is 30.7 Å². The molecular formula is C20H24N4O4. The second-order valence-corrected chi connectivity index (χ2v) is 6.99. The Morgan fingerprint density at radius 1 is 1.21 bits per heavy atom. The van der Waals surface area contributed by atoms with E-state index >= 15 is 0 Å². The van der Waals surface area contributed by atoms with Gasteiger partial charge in [0.2, 0.25) is 5.95 Å². The maximum Gasteiger partial charge on any atom is 0.274 e. The van der Waals surface area contributed by atoms with E-state index < -0.39 is 5.79 Å². The second-order valence-electron chi connectivity index (χ2n) is 6.99. The van der Waals surface area contributed by atoms with Gasteiger partial charge in [0.05, 0.1) is 26.0 Å². The van der Waals surface area contributed by atoms with Gasteiger partial charge in [0.25, 0.3) is 5.91 Å². The zero-order valence-electron chi connectivity index (χ0n) is 16.1. The van der Waals surface area contributed by atoms with Crippen LogP contribution in [0.5, 0.6) is 5.75 Å². The number of carbonyl (C=O) groups is 1. The minimum absolute atomic E-state index is 0.302. The first kappa shape index (κ1) is 18.6. The third-order valence-electron chi connectivity index (χ3n) is 5.10. The van der Waals surface area contributed by atoms with Crippen LogP contribution in [0.2, 0.25) is 0 Å². The van der Waals surface area contributed by atoms with Gasteiger partial charge < -0.3 is 24.4 Å². The van der Waals surface area contributed by atoms with Gasteiger partial charge in [-0.1, -0.05) is 6.07 Å². The summed E-state index contributed by atoms with van der Waals surface area (Å²) in [6.07, 6.45) is 3.12. The van der Waals surface area contributed by atoms with Gasteiger partial charge in [-0.3, -0.25) is 4.79 Å². The van der Waals surface area contributed by atoms with E-state index in [1.165, 1.54) is 0 Å². The fourth-order valence-electron chi connectivity index (χ4n) is 3.57. The zero-order valence-corrected chi connectivity index (χ0v) is 16.1. The van der Waals surface area contributed by atoms with Crippen molar-refractivity contribution in [2.24, 2.45) is 0 Å². The van der Waals surface area contributed by atoms with Crippen molar-refractivity contribution in [3.05, 3.63) is 41.7 Å². The number of piperidine rings is 1. The van der Waals surface area contributed by atoms with Gasteiger partial charge in [-0.25, -0.2) is 9.97 Å². The summed E-state index contributed by atoms with van der Waals surface area (Å²) in [7, 11) is 1.57. The number of ether oxygens (including phenoxy) is 3. The van der Waals surface area contributed by atoms with E-state index in [1.807, 2.05) is 25.1 Å². The number of amides is 1. The lowest BCUT2D eigenvalue weighted by Crippen LogP contribution is -2.45. The van der Waals surface area contributed by atoms with Gasteiger partial charge in [-0.15, -0.1) is 0 Å². The number of methoxy groups -OCH3 is 1. The Balaban J connectivity index is 1.46. The summed E-state index contributed by atoms with van der Waals surface area (Å²) in [6.45, 7) is 4.69. The highest BCUT2D eigenvalue weighted by molar-refractivity contribution is 6.03. The molecule has 2 saturated heterocycles. The summed E-state index contributed by atoms with van der Waals surface area (Å²) in [5, 5.41) is 2.88. The minimum atomic E-state index is -0.451. The molecule has 8 heteroatoms. The number of rotatable bonds is 4. The maximum absolute atomic E-state index is 12.7. The van der Waals surface area contributed by atoms with Crippen molar-refractivity contribution in [2.75, 3.05) is 43.6 Å². The molecule has 2 aromatic rings. The molecular weight excluding hydrogens is 360 g/mol. The van der Waals surface area contributed by atoms with Gasteiger partial charge in [0.15, 0.2) is 5.79 Å². The number of nitrogens with one attached hydrogen (secondary N) is 1. The van der Waals surface area contributed by atoms with E-state index in [2.05, 4.69) is 20.2 Å². The minimum Gasteiger partial charge on any atom is -0.495 e. The van der Waals surface area contributed by atoms with Crippen LogP contribution in [0.1, 0.15) is 28.9 Å². The molecule has 3 heterocycles. The molecule has 8 nitrogen and oxygen atoms in total. The number of aryl methyl sites for hydroxylation is 1. The quantitative estimate of drug-likeness (QED) is 0.866. The number of anilines is 2. The van der Waals surface area contributed by atoms with Crippen LogP contribution in [0.3, 0.4) is 0 Å².